The largest absolute Gasteiger partial charge is 0.449 e. The molecule has 1 unspecified atom stereocenters. The maximum Gasteiger partial charge on any atom is 0.411 e. The van der Waals surface area contributed by atoms with Gasteiger partial charge in [0.15, 0.2) is 0 Å². The minimum atomic E-state index is -0.505. The lowest BCUT2D eigenvalue weighted by atomic mass is 10.1. The zero-order chi connectivity index (χ0) is 13.7. The molecule has 104 valence electrons. The lowest BCUT2D eigenvalue weighted by molar-refractivity contribution is 0.154. The predicted molar refractivity (Wildman–Crippen MR) is 77.0 cm³/mol. The van der Waals surface area contributed by atoms with E-state index in [1.54, 1.807) is 18.2 Å². The van der Waals surface area contributed by atoms with Crippen LogP contribution in [0.3, 0.4) is 0 Å². The fraction of sp³-hybridized carbons (Fsp3) is 0.462. The number of halogens is 2. The molecule has 0 saturated carbocycles. The van der Waals surface area contributed by atoms with Gasteiger partial charge in [-0.2, -0.15) is 0 Å². The summed E-state index contributed by atoms with van der Waals surface area (Å²) in [6, 6.07) is 4.88. The predicted octanol–water partition coefficient (Wildman–Crippen LogP) is 3.54. The van der Waals surface area contributed by atoms with Crippen LogP contribution in [0.15, 0.2) is 18.2 Å². The third kappa shape index (κ3) is 4.56. The Kier molecular flexibility index (Phi) is 5.31. The molecular formula is C13H16Cl2N2O2. The Labute approximate surface area is 122 Å². The summed E-state index contributed by atoms with van der Waals surface area (Å²) in [4.78, 5) is 11.6. The van der Waals surface area contributed by atoms with Gasteiger partial charge in [0.25, 0.3) is 0 Å². The van der Waals surface area contributed by atoms with Gasteiger partial charge in [0.1, 0.15) is 0 Å². The first-order valence-corrected chi connectivity index (χ1v) is 7.00. The first kappa shape index (κ1) is 14.4. The molecule has 19 heavy (non-hydrogen) atoms. The van der Waals surface area contributed by atoms with Crippen molar-refractivity contribution in [2.24, 2.45) is 5.92 Å². The molecule has 1 heterocycles. The van der Waals surface area contributed by atoms with E-state index in [1.807, 2.05) is 0 Å². The van der Waals surface area contributed by atoms with Gasteiger partial charge in [-0.3, -0.25) is 5.32 Å². The molecule has 6 heteroatoms. The summed E-state index contributed by atoms with van der Waals surface area (Å²) in [5.74, 6) is 0.600. The molecule has 1 amide bonds. The number of carbonyl (C=O) groups excluding carboxylic acids is 1. The first-order chi connectivity index (χ1) is 9.15. The molecule has 1 aliphatic rings. The van der Waals surface area contributed by atoms with E-state index in [-0.39, 0.29) is 0 Å². The lowest BCUT2D eigenvalue weighted by Gasteiger charge is -2.10. The molecule has 1 saturated heterocycles. The van der Waals surface area contributed by atoms with E-state index in [0.717, 1.165) is 25.9 Å². The van der Waals surface area contributed by atoms with Crippen molar-refractivity contribution < 1.29 is 9.53 Å². The van der Waals surface area contributed by atoms with Gasteiger partial charge in [0, 0.05) is 5.02 Å². The monoisotopic (exact) mass is 302 g/mol. The van der Waals surface area contributed by atoms with Gasteiger partial charge in [0.05, 0.1) is 17.3 Å². The van der Waals surface area contributed by atoms with Crippen LogP contribution in [-0.2, 0) is 4.74 Å². The van der Waals surface area contributed by atoms with Crippen LogP contribution < -0.4 is 10.6 Å². The summed E-state index contributed by atoms with van der Waals surface area (Å²) in [5, 5.41) is 6.80. The van der Waals surface area contributed by atoms with E-state index in [9.17, 15) is 4.79 Å². The molecule has 0 radical (unpaired) electrons. The Balaban J connectivity index is 1.75. The van der Waals surface area contributed by atoms with Crippen LogP contribution in [0.4, 0.5) is 10.5 Å². The summed E-state index contributed by atoms with van der Waals surface area (Å²) in [5.41, 5.74) is 0.460. The number of carbonyl (C=O) groups is 1. The summed E-state index contributed by atoms with van der Waals surface area (Å²) >= 11 is 11.8. The smallest absolute Gasteiger partial charge is 0.411 e. The summed E-state index contributed by atoms with van der Waals surface area (Å²) in [7, 11) is 0. The fourth-order valence-corrected chi connectivity index (χ4v) is 2.36. The van der Waals surface area contributed by atoms with Crippen molar-refractivity contribution in [2.75, 3.05) is 25.0 Å². The van der Waals surface area contributed by atoms with Crippen molar-refractivity contribution in [3.8, 4) is 0 Å². The number of rotatable bonds is 4. The number of amides is 1. The van der Waals surface area contributed by atoms with Gasteiger partial charge < -0.3 is 10.1 Å². The number of hydrogen-bond donors (Lipinski definition) is 2. The molecule has 0 bridgehead atoms. The Hall–Kier alpha value is -0.970. The summed E-state index contributed by atoms with van der Waals surface area (Å²) in [6.07, 6.45) is 1.52. The fourth-order valence-electron chi connectivity index (χ4n) is 2.02. The van der Waals surface area contributed by atoms with Gasteiger partial charge >= 0.3 is 6.09 Å². The topological polar surface area (TPSA) is 50.4 Å². The van der Waals surface area contributed by atoms with E-state index < -0.39 is 6.09 Å². The third-order valence-corrected chi connectivity index (χ3v) is 3.65. The van der Waals surface area contributed by atoms with E-state index in [4.69, 9.17) is 27.9 Å². The van der Waals surface area contributed by atoms with Crippen LogP contribution in [0.5, 0.6) is 0 Å². The second-order valence-electron chi connectivity index (χ2n) is 4.53. The highest BCUT2D eigenvalue weighted by atomic mass is 35.5. The van der Waals surface area contributed by atoms with Crippen molar-refractivity contribution in [3.05, 3.63) is 28.2 Å². The van der Waals surface area contributed by atoms with Crippen molar-refractivity contribution in [1.29, 1.82) is 0 Å². The van der Waals surface area contributed by atoms with Crippen LogP contribution in [0.25, 0.3) is 0 Å². The second kappa shape index (κ2) is 6.98. The molecule has 4 nitrogen and oxygen atoms in total. The average molecular weight is 303 g/mol. The van der Waals surface area contributed by atoms with Crippen LogP contribution in [0.2, 0.25) is 10.0 Å². The van der Waals surface area contributed by atoms with Gasteiger partial charge in [-0.1, -0.05) is 23.2 Å². The second-order valence-corrected chi connectivity index (χ2v) is 5.38. The average Bonchev–Trinajstić information content (AvgIpc) is 2.87. The minimum Gasteiger partial charge on any atom is -0.449 e. The van der Waals surface area contributed by atoms with Crippen LogP contribution in [0.1, 0.15) is 12.8 Å². The molecule has 0 aliphatic carbocycles. The van der Waals surface area contributed by atoms with Gasteiger partial charge in [0.2, 0.25) is 0 Å². The maximum absolute atomic E-state index is 11.6. The van der Waals surface area contributed by atoms with Crippen LogP contribution >= 0.6 is 23.2 Å². The normalized spacial score (nSPS) is 18.3. The van der Waals surface area contributed by atoms with Crippen LogP contribution in [0, 0.1) is 5.92 Å². The maximum atomic E-state index is 11.6. The van der Waals surface area contributed by atoms with E-state index >= 15 is 0 Å². The Morgan fingerprint density at radius 1 is 1.47 bits per heavy atom. The first-order valence-electron chi connectivity index (χ1n) is 6.24. The lowest BCUT2D eigenvalue weighted by Crippen LogP contribution is -2.17. The Morgan fingerprint density at radius 3 is 3.05 bits per heavy atom. The zero-order valence-electron chi connectivity index (χ0n) is 10.4. The molecule has 1 aliphatic heterocycles. The number of anilines is 1. The number of nitrogens with one attached hydrogen (secondary N) is 2. The highest BCUT2D eigenvalue weighted by molar-refractivity contribution is 6.35. The molecular weight excluding hydrogens is 287 g/mol. The van der Waals surface area contributed by atoms with Gasteiger partial charge in [-0.25, -0.2) is 4.79 Å². The van der Waals surface area contributed by atoms with E-state index in [0.29, 0.717) is 28.3 Å². The van der Waals surface area contributed by atoms with E-state index in [1.165, 1.54) is 0 Å². The Morgan fingerprint density at radius 2 is 2.32 bits per heavy atom. The van der Waals surface area contributed by atoms with Crippen molar-refractivity contribution in [2.45, 2.75) is 12.8 Å². The van der Waals surface area contributed by atoms with Gasteiger partial charge in [-0.15, -0.1) is 0 Å². The molecule has 0 aromatic heterocycles. The minimum absolute atomic E-state index is 0.413. The number of hydrogen-bond acceptors (Lipinski definition) is 3. The van der Waals surface area contributed by atoms with Crippen LogP contribution in [-0.4, -0.2) is 25.8 Å². The Bertz CT molecular complexity index is 448. The highest BCUT2D eigenvalue weighted by Gasteiger charge is 2.15. The number of ether oxygens (including phenoxy) is 1. The number of benzene rings is 1. The van der Waals surface area contributed by atoms with Crippen molar-refractivity contribution >= 4 is 35.0 Å². The molecule has 1 atom stereocenters. The molecule has 1 aromatic carbocycles. The molecule has 2 N–H and O–H groups in total. The molecule has 0 spiro atoms. The SMILES string of the molecule is O=C(Nc1cc(Cl)ccc1Cl)OCCC1CCNC1. The summed E-state index contributed by atoms with van der Waals surface area (Å²) in [6.45, 7) is 2.47. The molecule has 1 aromatic rings. The zero-order valence-corrected chi connectivity index (χ0v) is 11.9. The molecule has 2 rings (SSSR count). The van der Waals surface area contributed by atoms with Gasteiger partial charge in [-0.05, 0) is 50.0 Å². The third-order valence-electron chi connectivity index (χ3n) is 3.09. The quantitative estimate of drug-likeness (QED) is 0.894. The standard InChI is InChI=1S/C13H16Cl2N2O2/c14-10-1-2-11(15)12(7-10)17-13(18)19-6-4-9-3-5-16-8-9/h1-2,7,9,16H,3-6,8H2,(H,17,18). The highest BCUT2D eigenvalue weighted by Crippen LogP contribution is 2.25. The van der Waals surface area contributed by atoms with Crippen molar-refractivity contribution in [1.82, 2.24) is 5.32 Å². The summed E-state index contributed by atoms with van der Waals surface area (Å²) < 4.78 is 5.12. The molecule has 1 fully saturated rings. The van der Waals surface area contributed by atoms with E-state index in [2.05, 4.69) is 10.6 Å². The van der Waals surface area contributed by atoms with Crippen molar-refractivity contribution in [3.63, 3.8) is 0 Å².